The average molecular weight is 247 g/mol. The zero-order valence-electron chi connectivity index (χ0n) is 9.99. The van der Waals surface area contributed by atoms with Crippen LogP contribution in [0.25, 0.3) is 10.2 Å². The molecule has 1 aliphatic carbocycles. The molecule has 1 heterocycles. The molecule has 2 aromatic rings. The number of nitrogens with zero attached hydrogens (tertiary/aromatic N) is 1. The highest BCUT2D eigenvalue weighted by molar-refractivity contribution is 7.16. The number of benzene rings is 1. The second-order valence-corrected chi connectivity index (χ2v) is 6.13. The Hall–Kier alpha value is -1.29. The Kier molecular flexibility index (Phi) is 2.47. The fraction of sp³-hybridized carbons (Fsp3) is 0.462. The number of rotatable bonds is 3. The van der Waals surface area contributed by atoms with Crippen molar-refractivity contribution in [3.8, 4) is 0 Å². The molecule has 0 atom stereocenters. The highest BCUT2D eigenvalue weighted by Crippen LogP contribution is 2.40. The van der Waals surface area contributed by atoms with E-state index in [-0.39, 0.29) is 0 Å². The first-order valence-electron chi connectivity index (χ1n) is 6.04. The lowest BCUT2D eigenvalue weighted by Gasteiger charge is -2.38. The second kappa shape index (κ2) is 3.88. The van der Waals surface area contributed by atoms with Gasteiger partial charge in [0.15, 0.2) is 0 Å². The number of nitrogens with two attached hydrogens (primary N) is 1. The normalized spacial score (nSPS) is 17.9. The van der Waals surface area contributed by atoms with Crippen molar-refractivity contribution in [1.82, 2.24) is 4.98 Å². The van der Waals surface area contributed by atoms with Crippen molar-refractivity contribution in [1.29, 1.82) is 0 Å². The Balaban J connectivity index is 1.82. The van der Waals surface area contributed by atoms with Crippen LogP contribution in [-0.2, 0) is 0 Å². The molecule has 4 heteroatoms. The van der Waals surface area contributed by atoms with Crippen molar-refractivity contribution in [2.24, 2.45) is 5.41 Å². The van der Waals surface area contributed by atoms with Gasteiger partial charge in [-0.05, 0) is 30.4 Å². The molecular formula is C13H17N3S. The molecule has 1 fully saturated rings. The summed E-state index contributed by atoms with van der Waals surface area (Å²) < 4.78 is 1.16. The molecule has 0 aliphatic heterocycles. The van der Waals surface area contributed by atoms with Crippen LogP contribution in [0.3, 0.4) is 0 Å². The lowest BCUT2D eigenvalue weighted by Crippen LogP contribution is -2.33. The summed E-state index contributed by atoms with van der Waals surface area (Å²) in [5.41, 5.74) is 11.2. The van der Waals surface area contributed by atoms with Crippen molar-refractivity contribution >= 4 is 32.9 Å². The Bertz CT molecular complexity index is 543. The standard InChI is InChI=1S/C13H17N3S/c1-13(5-2-6-13)7-15-9-3-4-10-12(11(9)14)16-8-17-10/h3-4,8,15H,2,5-7,14H2,1H3. The summed E-state index contributed by atoms with van der Waals surface area (Å²) in [7, 11) is 0. The fourth-order valence-electron chi connectivity index (χ4n) is 2.37. The van der Waals surface area contributed by atoms with Crippen molar-refractivity contribution in [2.75, 3.05) is 17.6 Å². The zero-order valence-corrected chi connectivity index (χ0v) is 10.8. The first-order valence-corrected chi connectivity index (χ1v) is 6.91. The van der Waals surface area contributed by atoms with Gasteiger partial charge in [0.1, 0.15) is 5.52 Å². The van der Waals surface area contributed by atoms with Gasteiger partial charge in [-0.2, -0.15) is 0 Å². The lowest BCUT2D eigenvalue weighted by atomic mass is 9.70. The maximum atomic E-state index is 6.13. The van der Waals surface area contributed by atoms with E-state index in [0.717, 1.165) is 28.1 Å². The first-order chi connectivity index (χ1) is 8.18. The van der Waals surface area contributed by atoms with Crippen LogP contribution in [0.4, 0.5) is 11.4 Å². The van der Waals surface area contributed by atoms with Crippen molar-refractivity contribution in [2.45, 2.75) is 26.2 Å². The third kappa shape index (κ3) is 1.86. The number of aromatic nitrogens is 1. The van der Waals surface area contributed by atoms with E-state index in [4.69, 9.17) is 5.73 Å². The molecule has 0 saturated heterocycles. The number of hydrogen-bond acceptors (Lipinski definition) is 4. The van der Waals surface area contributed by atoms with E-state index < -0.39 is 0 Å². The van der Waals surface area contributed by atoms with E-state index in [9.17, 15) is 0 Å². The van der Waals surface area contributed by atoms with E-state index in [1.807, 2.05) is 5.51 Å². The van der Waals surface area contributed by atoms with Crippen LogP contribution in [0, 0.1) is 5.41 Å². The van der Waals surface area contributed by atoms with Crippen molar-refractivity contribution in [3.05, 3.63) is 17.6 Å². The van der Waals surface area contributed by atoms with Gasteiger partial charge in [-0.1, -0.05) is 13.3 Å². The van der Waals surface area contributed by atoms with E-state index >= 15 is 0 Å². The summed E-state index contributed by atoms with van der Waals surface area (Å²) in [6, 6.07) is 4.16. The van der Waals surface area contributed by atoms with Crippen LogP contribution in [0.2, 0.25) is 0 Å². The number of nitrogen functional groups attached to an aromatic ring is 1. The van der Waals surface area contributed by atoms with Gasteiger partial charge in [0.2, 0.25) is 0 Å². The van der Waals surface area contributed by atoms with Gasteiger partial charge in [0, 0.05) is 6.54 Å². The molecule has 3 N–H and O–H groups in total. The van der Waals surface area contributed by atoms with Crippen LogP contribution < -0.4 is 11.1 Å². The number of thiazole rings is 1. The Morgan fingerprint density at radius 2 is 2.29 bits per heavy atom. The van der Waals surface area contributed by atoms with Gasteiger partial charge < -0.3 is 11.1 Å². The topological polar surface area (TPSA) is 50.9 Å². The molecule has 0 radical (unpaired) electrons. The number of anilines is 2. The molecular weight excluding hydrogens is 230 g/mol. The fourth-order valence-corrected chi connectivity index (χ4v) is 3.06. The van der Waals surface area contributed by atoms with Crippen LogP contribution in [0.15, 0.2) is 17.6 Å². The third-order valence-corrected chi connectivity index (χ3v) is 4.60. The maximum Gasteiger partial charge on any atom is 0.106 e. The van der Waals surface area contributed by atoms with E-state index in [1.165, 1.54) is 19.3 Å². The number of hydrogen-bond donors (Lipinski definition) is 2. The van der Waals surface area contributed by atoms with Crippen LogP contribution >= 0.6 is 11.3 Å². The third-order valence-electron chi connectivity index (χ3n) is 3.81. The summed E-state index contributed by atoms with van der Waals surface area (Å²) >= 11 is 1.63. The molecule has 1 aromatic carbocycles. The smallest absolute Gasteiger partial charge is 0.106 e. The minimum atomic E-state index is 0.462. The Morgan fingerprint density at radius 3 is 3.00 bits per heavy atom. The molecule has 0 amide bonds. The van der Waals surface area contributed by atoms with Gasteiger partial charge >= 0.3 is 0 Å². The van der Waals surface area contributed by atoms with Gasteiger partial charge in [0.25, 0.3) is 0 Å². The van der Waals surface area contributed by atoms with Crippen molar-refractivity contribution < 1.29 is 0 Å². The molecule has 1 aromatic heterocycles. The highest BCUT2D eigenvalue weighted by Gasteiger charge is 2.31. The monoisotopic (exact) mass is 247 g/mol. The van der Waals surface area contributed by atoms with Gasteiger partial charge in [-0.3, -0.25) is 0 Å². The Morgan fingerprint density at radius 1 is 1.47 bits per heavy atom. The van der Waals surface area contributed by atoms with E-state index in [2.05, 4.69) is 29.4 Å². The Labute approximate surface area is 105 Å². The summed E-state index contributed by atoms with van der Waals surface area (Å²) in [5.74, 6) is 0. The molecule has 0 unspecified atom stereocenters. The molecule has 3 nitrogen and oxygen atoms in total. The maximum absolute atomic E-state index is 6.13. The van der Waals surface area contributed by atoms with Crippen LogP contribution in [0.1, 0.15) is 26.2 Å². The zero-order chi connectivity index (χ0) is 11.9. The minimum absolute atomic E-state index is 0.462. The minimum Gasteiger partial charge on any atom is -0.395 e. The highest BCUT2D eigenvalue weighted by atomic mass is 32.1. The first kappa shape index (κ1) is 10.8. The predicted octanol–water partition coefficient (Wildman–Crippen LogP) is 3.48. The largest absolute Gasteiger partial charge is 0.395 e. The summed E-state index contributed by atoms with van der Waals surface area (Å²) in [6.45, 7) is 3.34. The summed E-state index contributed by atoms with van der Waals surface area (Å²) in [4.78, 5) is 4.31. The van der Waals surface area contributed by atoms with Crippen molar-refractivity contribution in [3.63, 3.8) is 0 Å². The molecule has 90 valence electrons. The molecule has 17 heavy (non-hydrogen) atoms. The molecule has 3 rings (SSSR count). The average Bonchev–Trinajstić information content (AvgIpc) is 2.75. The van der Waals surface area contributed by atoms with Gasteiger partial charge in [-0.25, -0.2) is 4.98 Å². The second-order valence-electron chi connectivity index (χ2n) is 5.24. The van der Waals surface area contributed by atoms with Gasteiger partial charge in [0.05, 0.1) is 21.6 Å². The van der Waals surface area contributed by atoms with Crippen LogP contribution in [0.5, 0.6) is 0 Å². The van der Waals surface area contributed by atoms with Gasteiger partial charge in [-0.15, -0.1) is 11.3 Å². The number of fused-ring (bicyclic) bond motifs is 1. The predicted molar refractivity (Wildman–Crippen MR) is 74.5 cm³/mol. The summed E-state index contributed by atoms with van der Waals surface area (Å²) in [5, 5.41) is 3.48. The van der Waals surface area contributed by atoms with Crippen LogP contribution in [-0.4, -0.2) is 11.5 Å². The molecule has 1 saturated carbocycles. The van der Waals surface area contributed by atoms with E-state index in [1.54, 1.807) is 11.3 Å². The quantitative estimate of drug-likeness (QED) is 0.816. The molecule has 0 bridgehead atoms. The molecule has 1 aliphatic rings. The SMILES string of the molecule is CC1(CNc2ccc3scnc3c2N)CCC1. The molecule has 0 spiro atoms. The number of nitrogens with one attached hydrogen (secondary N) is 1. The lowest BCUT2D eigenvalue weighted by molar-refractivity contribution is 0.180. The summed E-state index contributed by atoms with van der Waals surface area (Å²) in [6.07, 6.45) is 4.00. The van der Waals surface area contributed by atoms with E-state index in [0.29, 0.717) is 5.41 Å².